The Morgan fingerprint density at radius 1 is 1.26 bits per heavy atom. The van der Waals surface area contributed by atoms with Crippen molar-refractivity contribution < 1.29 is 14.3 Å². The van der Waals surface area contributed by atoms with Gasteiger partial charge < -0.3 is 9.47 Å². The van der Waals surface area contributed by atoms with Gasteiger partial charge in [0.25, 0.3) is 0 Å². The normalized spacial score (nSPS) is 16.6. The van der Waals surface area contributed by atoms with Crippen molar-refractivity contribution in [1.82, 2.24) is 0 Å². The maximum Gasteiger partial charge on any atom is 0.333 e. The van der Waals surface area contributed by atoms with E-state index in [1.807, 2.05) is 19.9 Å². The molecule has 0 amide bonds. The first kappa shape index (κ1) is 13.7. The highest BCUT2D eigenvalue weighted by molar-refractivity contribution is 5.88. The van der Waals surface area contributed by atoms with Gasteiger partial charge in [0.15, 0.2) is 0 Å². The smallest absolute Gasteiger partial charge is 0.333 e. The highest BCUT2D eigenvalue weighted by Gasteiger charge is 2.18. The average Bonchev–Trinajstić information content (AvgIpc) is 2.45. The molecule has 3 heteroatoms. The Kier molecular flexibility index (Phi) is 4.25. The van der Waals surface area contributed by atoms with Crippen molar-refractivity contribution in [3.05, 3.63) is 40.5 Å². The molecular weight excluding hydrogens is 240 g/mol. The lowest BCUT2D eigenvalue weighted by Crippen LogP contribution is -2.13. The molecule has 2 rings (SSSR count). The first-order chi connectivity index (χ1) is 9.15. The molecule has 0 heterocycles. The molecule has 1 aromatic rings. The van der Waals surface area contributed by atoms with Crippen LogP contribution < -0.4 is 4.74 Å². The molecule has 0 fully saturated rings. The molecular formula is C16H20O3. The lowest BCUT2D eigenvalue weighted by molar-refractivity contribution is -0.138. The number of rotatable bonds is 3. The van der Waals surface area contributed by atoms with Gasteiger partial charge in [-0.2, -0.15) is 0 Å². The minimum absolute atomic E-state index is 0.191. The van der Waals surface area contributed by atoms with Gasteiger partial charge in [0.1, 0.15) is 5.75 Å². The highest BCUT2D eigenvalue weighted by Crippen LogP contribution is 2.30. The van der Waals surface area contributed by atoms with Gasteiger partial charge in [0.05, 0.1) is 13.7 Å². The second-order valence-electron chi connectivity index (χ2n) is 4.76. The third-order valence-electron chi connectivity index (χ3n) is 3.63. The minimum Gasteiger partial charge on any atom is -0.497 e. The van der Waals surface area contributed by atoms with Crippen molar-refractivity contribution >= 4 is 5.97 Å². The number of ether oxygens (including phenoxy) is 2. The molecule has 0 spiro atoms. The van der Waals surface area contributed by atoms with Gasteiger partial charge in [-0.1, -0.05) is 11.6 Å². The minimum atomic E-state index is -0.191. The largest absolute Gasteiger partial charge is 0.497 e. The zero-order chi connectivity index (χ0) is 13.8. The van der Waals surface area contributed by atoms with Gasteiger partial charge in [0.2, 0.25) is 0 Å². The van der Waals surface area contributed by atoms with Gasteiger partial charge in [-0.15, -0.1) is 0 Å². The van der Waals surface area contributed by atoms with E-state index in [2.05, 4.69) is 12.1 Å². The van der Waals surface area contributed by atoms with Gasteiger partial charge in [0, 0.05) is 5.57 Å². The van der Waals surface area contributed by atoms with Crippen molar-refractivity contribution in [2.45, 2.75) is 33.1 Å². The van der Waals surface area contributed by atoms with Crippen LogP contribution >= 0.6 is 0 Å². The molecule has 19 heavy (non-hydrogen) atoms. The van der Waals surface area contributed by atoms with Crippen molar-refractivity contribution in [3.63, 3.8) is 0 Å². The van der Waals surface area contributed by atoms with Gasteiger partial charge in [-0.05, 0) is 56.4 Å². The summed E-state index contributed by atoms with van der Waals surface area (Å²) in [6.07, 6.45) is 2.73. The predicted octanol–water partition coefficient (Wildman–Crippen LogP) is 3.06. The fraction of sp³-hybridized carbons (Fsp3) is 0.438. The molecule has 1 aliphatic rings. The van der Waals surface area contributed by atoms with Crippen LogP contribution in [0.1, 0.15) is 31.4 Å². The van der Waals surface area contributed by atoms with Crippen molar-refractivity contribution in [2.24, 2.45) is 0 Å². The second-order valence-corrected chi connectivity index (χ2v) is 4.76. The summed E-state index contributed by atoms with van der Waals surface area (Å²) in [6.45, 7) is 4.11. The van der Waals surface area contributed by atoms with Gasteiger partial charge >= 0.3 is 5.97 Å². The van der Waals surface area contributed by atoms with E-state index >= 15 is 0 Å². The summed E-state index contributed by atoms with van der Waals surface area (Å²) in [6, 6.07) is 6.17. The average molecular weight is 260 g/mol. The number of esters is 1. The molecule has 0 radical (unpaired) electrons. The van der Waals surface area contributed by atoms with Crippen LogP contribution in [0.4, 0.5) is 0 Å². The Labute approximate surface area is 114 Å². The number of aryl methyl sites for hydroxylation is 1. The Morgan fingerprint density at radius 3 is 2.74 bits per heavy atom. The van der Waals surface area contributed by atoms with Crippen LogP contribution in [0.2, 0.25) is 0 Å². The van der Waals surface area contributed by atoms with Crippen molar-refractivity contribution in [3.8, 4) is 5.75 Å². The van der Waals surface area contributed by atoms with E-state index in [1.54, 1.807) is 7.11 Å². The summed E-state index contributed by atoms with van der Waals surface area (Å²) in [5, 5.41) is 0. The number of carbonyl (C=O) groups is 1. The third-order valence-corrected chi connectivity index (χ3v) is 3.63. The van der Waals surface area contributed by atoms with E-state index in [9.17, 15) is 4.79 Å². The Bertz CT molecular complexity index is 515. The monoisotopic (exact) mass is 260 g/mol. The number of hydrogen-bond acceptors (Lipinski definition) is 3. The Balaban J connectivity index is 2.25. The second kappa shape index (κ2) is 5.91. The third kappa shape index (κ3) is 2.98. The topological polar surface area (TPSA) is 35.5 Å². The van der Waals surface area contributed by atoms with Crippen LogP contribution in [0.25, 0.3) is 0 Å². The summed E-state index contributed by atoms with van der Waals surface area (Å²) in [7, 11) is 1.67. The van der Waals surface area contributed by atoms with Crippen molar-refractivity contribution in [1.29, 1.82) is 0 Å². The zero-order valence-corrected chi connectivity index (χ0v) is 11.8. The zero-order valence-electron chi connectivity index (χ0n) is 11.8. The standard InChI is InChI=1S/C16H20O3/c1-4-19-16(17)11(2)13-6-5-12-7-8-15(18-3)10-14(12)9-13/h7-8,10H,4-6,9H2,1-3H3/b13-11-. The van der Waals surface area contributed by atoms with Crippen LogP contribution in [0.3, 0.4) is 0 Å². The van der Waals surface area contributed by atoms with Crippen LogP contribution in [-0.2, 0) is 22.4 Å². The van der Waals surface area contributed by atoms with Crippen LogP contribution in [0, 0.1) is 0 Å². The molecule has 0 unspecified atom stereocenters. The molecule has 0 aromatic heterocycles. The van der Waals surface area contributed by atoms with E-state index in [0.29, 0.717) is 6.61 Å². The highest BCUT2D eigenvalue weighted by atomic mass is 16.5. The van der Waals surface area contributed by atoms with Crippen LogP contribution in [-0.4, -0.2) is 19.7 Å². The first-order valence-electron chi connectivity index (χ1n) is 6.67. The lowest BCUT2D eigenvalue weighted by atomic mass is 9.85. The van der Waals surface area contributed by atoms with E-state index in [0.717, 1.165) is 30.6 Å². The quantitative estimate of drug-likeness (QED) is 0.619. The number of methoxy groups -OCH3 is 1. The maximum absolute atomic E-state index is 11.8. The van der Waals surface area contributed by atoms with Crippen LogP contribution in [0.5, 0.6) is 5.75 Å². The van der Waals surface area contributed by atoms with Gasteiger partial charge in [-0.25, -0.2) is 4.79 Å². The molecule has 0 saturated heterocycles. The SMILES string of the molecule is CCOC(=O)/C(C)=C1/CCc2ccc(OC)cc2C1. The fourth-order valence-electron chi connectivity index (χ4n) is 2.45. The molecule has 0 atom stereocenters. The number of allylic oxidation sites excluding steroid dienone is 1. The molecule has 0 aliphatic heterocycles. The summed E-state index contributed by atoms with van der Waals surface area (Å²) < 4.78 is 10.3. The maximum atomic E-state index is 11.8. The lowest BCUT2D eigenvalue weighted by Gasteiger charge is -2.21. The number of fused-ring (bicyclic) bond motifs is 1. The van der Waals surface area contributed by atoms with Crippen LogP contribution in [0.15, 0.2) is 29.3 Å². The molecule has 3 nitrogen and oxygen atoms in total. The molecule has 1 aromatic carbocycles. The Morgan fingerprint density at radius 2 is 2.05 bits per heavy atom. The molecule has 0 N–H and O–H groups in total. The fourth-order valence-corrected chi connectivity index (χ4v) is 2.45. The van der Waals surface area contributed by atoms with Gasteiger partial charge in [-0.3, -0.25) is 0 Å². The van der Waals surface area contributed by atoms with E-state index in [4.69, 9.17) is 9.47 Å². The number of hydrogen-bond donors (Lipinski definition) is 0. The molecule has 1 aliphatic carbocycles. The Hall–Kier alpha value is -1.77. The molecule has 0 saturated carbocycles. The number of carbonyl (C=O) groups excluding carboxylic acids is 1. The van der Waals surface area contributed by atoms with E-state index in [1.165, 1.54) is 16.7 Å². The summed E-state index contributed by atoms with van der Waals surface area (Å²) >= 11 is 0. The molecule has 102 valence electrons. The van der Waals surface area contributed by atoms with E-state index in [-0.39, 0.29) is 5.97 Å². The number of benzene rings is 1. The summed E-state index contributed by atoms with van der Waals surface area (Å²) in [5.74, 6) is 0.678. The summed E-state index contributed by atoms with van der Waals surface area (Å²) in [5.41, 5.74) is 4.54. The molecule has 0 bridgehead atoms. The first-order valence-corrected chi connectivity index (χ1v) is 6.67. The predicted molar refractivity (Wildman–Crippen MR) is 74.4 cm³/mol. The summed E-state index contributed by atoms with van der Waals surface area (Å²) in [4.78, 5) is 11.8. The van der Waals surface area contributed by atoms with Crippen molar-refractivity contribution in [2.75, 3.05) is 13.7 Å². The van der Waals surface area contributed by atoms with E-state index < -0.39 is 0 Å².